The first-order chi connectivity index (χ1) is 11.8. The van der Waals surface area contributed by atoms with Gasteiger partial charge >= 0.3 is 16.1 Å². The van der Waals surface area contributed by atoms with Crippen molar-refractivity contribution in [3.8, 4) is 11.5 Å². The Kier molecular flexibility index (Phi) is 4.30. The zero-order valence-electron chi connectivity index (χ0n) is 13.8. The minimum atomic E-state index is -4.04. The fourth-order valence-electron chi connectivity index (χ4n) is 2.63. The number of hydrogen-bond acceptors (Lipinski definition) is 5. The summed E-state index contributed by atoms with van der Waals surface area (Å²) >= 11 is 0. The van der Waals surface area contributed by atoms with Crippen LogP contribution in [0.1, 0.15) is 5.56 Å². The minimum absolute atomic E-state index is 0.0303. The molecular weight excluding hydrogens is 344 g/mol. The first-order valence-electron chi connectivity index (χ1n) is 7.64. The van der Waals surface area contributed by atoms with Crippen molar-refractivity contribution < 1.29 is 22.5 Å². The maximum Gasteiger partial charge on any atom is 0.339 e. The monoisotopic (exact) mass is 362 g/mol. The van der Waals surface area contributed by atoms with Gasteiger partial charge in [0.15, 0.2) is 0 Å². The Labute approximate surface area is 146 Å². The Morgan fingerprint density at radius 2 is 1.76 bits per heavy atom. The molecular formula is C17H18N2O5S. The molecule has 0 aliphatic carbocycles. The van der Waals surface area contributed by atoms with Crippen molar-refractivity contribution >= 4 is 21.8 Å². The van der Waals surface area contributed by atoms with Crippen molar-refractivity contribution in [1.29, 1.82) is 0 Å². The van der Waals surface area contributed by atoms with Crippen LogP contribution in [0.5, 0.6) is 11.5 Å². The molecule has 2 aromatic rings. The van der Waals surface area contributed by atoms with Crippen LogP contribution >= 0.6 is 0 Å². The summed E-state index contributed by atoms with van der Waals surface area (Å²) in [5, 5.41) is 9.55. The molecule has 8 heteroatoms. The highest BCUT2D eigenvalue weighted by Crippen LogP contribution is 2.26. The third kappa shape index (κ3) is 3.53. The lowest BCUT2D eigenvalue weighted by atomic mass is 10.2. The Hall–Kier alpha value is -2.74. The number of phenols is 1. The number of likely N-dealkylation sites (N-methyl/N-ethyl adjacent to an activating group) is 1. The van der Waals surface area contributed by atoms with E-state index in [1.165, 1.54) is 30.3 Å². The quantitative estimate of drug-likeness (QED) is 0.844. The van der Waals surface area contributed by atoms with Crippen LogP contribution in [-0.2, 0) is 10.1 Å². The maximum absolute atomic E-state index is 12.4. The Morgan fingerprint density at radius 3 is 2.32 bits per heavy atom. The highest BCUT2D eigenvalue weighted by atomic mass is 32.2. The van der Waals surface area contributed by atoms with Crippen molar-refractivity contribution in [3.63, 3.8) is 0 Å². The second-order valence-electron chi connectivity index (χ2n) is 5.89. The number of benzene rings is 2. The molecule has 7 nitrogen and oxygen atoms in total. The van der Waals surface area contributed by atoms with E-state index in [1.54, 1.807) is 35.9 Å². The van der Waals surface area contributed by atoms with E-state index in [-0.39, 0.29) is 22.4 Å². The molecule has 1 N–H and O–H groups in total. The summed E-state index contributed by atoms with van der Waals surface area (Å²) in [6, 6.07) is 10.1. The van der Waals surface area contributed by atoms with Crippen molar-refractivity contribution in [1.82, 2.24) is 4.90 Å². The standard InChI is InChI=1S/C17H18N2O5S/c1-12-9-14(20)11-15(10-12)24-25(22,23)16-5-3-13(4-6-16)19-8-7-18(2)17(19)21/h3-6,9-11,20H,7-8H2,1-2H3. The van der Waals surface area contributed by atoms with Crippen molar-refractivity contribution in [2.24, 2.45) is 0 Å². The molecule has 0 saturated carbocycles. The van der Waals surface area contributed by atoms with E-state index in [0.717, 1.165) is 0 Å². The summed E-state index contributed by atoms with van der Waals surface area (Å²) in [5.41, 5.74) is 1.30. The lowest BCUT2D eigenvalue weighted by Crippen LogP contribution is -2.29. The number of aryl methyl sites for hydroxylation is 1. The molecule has 2 aromatic carbocycles. The predicted molar refractivity (Wildman–Crippen MR) is 92.5 cm³/mol. The molecule has 1 saturated heterocycles. The van der Waals surface area contributed by atoms with Gasteiger partial charge in [-0.05, 0) is 48.9 Å². The topological polar surface area (TPSA) is 87.2 Å². The highest BCUT2D eigenvalue weighted by molar-refractivity contribution is 7.87. The van der Waals surface area contributed by atoms with Gasteiger partial charge in [-0.3, -0.25) is 4.90 Å². The van der Waals surface area contributed by atoms with Crippen molar-refractivity contribution in [2.45, 2.75) is 11.8 Å². The molecule has 25 heavy (non-hydrogen) atoms. The number of amides is 2. The molecule has 1 aliphatic rings. The van der Waals surface area contributed by atoms with Crippen LogP contribution in [0.2, 0.25) is 0 Å². The Bertz CT molecular complexity index is 889. The summed E-state index contributed by atoms with van der Waals surface area (Å²) in [4.78, 5) is 15.1. The lowest BCUT2D eigenvalue weighted by molar-refractivity contribution is 0.229. The summed E-state index contributed by atoms with van der Waals surface area (Å²) in [7, 11) is -2.32. The number of carbonyl (C=O) groups is 1. The first kappa shape index (κ1) is 17.1. The van der Waals surface area contributed by atoms with Crippen molar-refractivity contribution in [2.75, 3.05) is 25.0 Å². The van der Waals surface area contributed by atoms with E-state index in [1.807, 2.05) is 0 Å². The van der Waals surface area contributed by atoms with E-state index >= 15 is 0 Å². The van der Waals surface area contributed by atoms with Crippen LogP contribution in [0.4, 0.5) is 10.5 Å². The minimum Gasteiger partial charge on any atom is -0.508 e. The normalized spacial score (nSPS) is 14.9. The predicted octanol–water partition coefficient (Wildman–Crippen LogP) is 2.34. The van der Waals surface area contributed by atoms with Gasteiger partial charge < -0.3 is 14.2 Å². The first-order valence-corrected chi connectivity index (χ1v) is 9.05. The number of hydrogen-bond donors (Lipinski definition) is 1. The van der Waals surface area contributed by atoms with Gasteiger partial charge in [0.25, 0.3) is 0 Å². The van der Waals surface area contributed by atoms with Crippen LogP contribution in [0, 0.1) is 6.92 Å². The van der Waals surface area contributed by atoms with E-state index in [2.05, 4.69) is 0 Å². The van der Waals surface area contributed by atoms with Gasteiger partial charge in [-0.2, -0.15) is 8.42 Å². The van der Waals surface area contributed by atoms with E-state index in [4.69, 9.17) is 4.18 Å². The fourth-order valence-corrected chi connectivity index (χ4v) is 3.55. The van der Waals surface area contributed by atoms with Gasteiger partial charge in [-0.1, -0.05) is 0 Å². The molecule has 1 aliphatic heterocycles. The molecule has 1 heterocycles. The third-order valence-corrected chi connectivity index (χ3v) is 5.16. The molecule has 132 valence electrons. The molecule has 0 radical (unpaired) electrons. The van der Waals surface area contributed by atoms with Crippen LogP contribution in [0.3, 0.4) is 0 Å². The van der Waals surface area contributed by atoms with Crippen LogP contribution in [0.25, 0.3) is 0 Å². The summed E-state index contributed by atoms with van der Waals surface area (Å²) < 4.78 is 29.8. The SMILES string of the molecule is Cc1cc(O)cc(OS(=O)(=O)c2ccc(N3CCN(C)C3=O)cc2)c1. The number of phenolic OH excluding ortho intramolecular Hbond substituents is 1. The van der Waals surface area contributed by atoms with Crippen LogP contribution < -0.4 is 9.08 Å². The average Bonchev–Trinajstić information content (AvgIpc) is 2.85. The molecule has 0 aromatic heterocycles. The second-order valence-corrected chi connectivity index (χ2v) is 7.44. The van der Waals surface area contributed by atoms with Gasteiger partial charge in [0, 0.05) is 31.9 Å². The molecule has 0 atom stereocenters. The smallest absolute Gasteiger partial charge is 0.339 e. The Balaban J connectivity index is 1.82. The van der Waals surface area contributed by atoms with Crippen LogP contribution in [-0.4, -0.2) is 44.6 Å². The van der Waals surface area contributed by atoms with E-state index in [9.17, 15) is 18.3 Å². The van der Waals surface area contributed by atoms with Gasteiger partial charge in [0.1, 0.15) is 16.4 Å². The van der Waals surface area contributed by atoms with E-state index in [0.29, 0.717) is 24.3 Å². The van der Waals surface area contributed by atoms with Gasteiger partial charge in [-0.15, -0.1) is 0 Å². The second kappa shape index (κ2) is 6.29. The number of aromatic hydroxyl groups is 1. The number of nitrogens with zero attached hydrogens (tertiary/aromatic N) is 2. The number of urea groups is 1. The molecule has 2 amide bonds. The molecule has 0 bridgehead atoms. The summed E-state index contributed by atoms with van der Waals surface area (Å²) in [5.74, 6) is -0.0323. The van der Waals surface area contributed by atoms with Crippen molar-refractivity contribution in [3.05, 3.63) is 48.0 Å². The Morgan fingerprint density at radius 1 is 1.08 bits per heavy atom. The average molecular weight is 362 g/mol. The molecule has 3 rings (SSSR count). The largest absolute Gasteiger partial charge is 0.508 e. The van der Waals surface area contributed by atoms with E-state index < -0.39 is 10.1 Å². The maximum atomic E-state index is 12.4. The number of carbonyl (C=O) groups excluding carboxylic acids is 1. The molecule has 0 spiro atoms. The summed E-state index contributed by atoms with van der Waals surface area (Å²) in [6.45, 7) is 2.90. The third-order valence-electron chi connectivity index (χ3n) is 3.90. The summed E-state index contributed by atoms with van der Waals surface area (Å²) in [6.07, 6.45) is 0. The van der Waals surface area contributed by atoms with Gasteiger partial charge in [0.2, 0.25) is 0 Å². The lowest BCUT2D eigenvalue weighted by Gasteiger charge is -2.16. The fraction of sp³-hybridized carbons (Fsp3) is 0.235. The van der Waals surface area contributed by atoms with Crippen LogP contribution in [0.15, 0.2) is 47.4 Å². The zero-order valence-corrected chi connectivity index (χ0v) is 14.7. The number of anilines is 1. The van der Waals surface area contributed by atoms with Gasteiger partial charge in [-0.25, -0.2) is 4.79 Å². The number of rotatable bonds is 4. The van der Waals surface area contributed by atoms with Gasteiger partial charge in [0.05, 0.1) is 0 Å². The molecule has 1 fully saturated rings. The zero-order chi connectivity index (χ0) is 18.2. The molecule has 0 unspecified atom stereocenters. The highest BCUT2D eigenvalue weighted by Gasteiger charge is 2.27.